The van der Waals surface area contributed by atoms with Crippen molar-refractivity contribution in [3.05, 3.63) is 11.4 Å². The van der Waals surface area contributed by atoms with Crippen molar-refractivity contribution in [2.24, 2.45) is 0 Å². The summed E-state index contributed by atoms with van der Waals surface area (Å²) in [6.45, 7) is 6.38. The second-order valence-electron chi connectivity index (χ2n) is 3.37. The zero-order valence-electron chi connectivity index (χ0n) is 10.0. The first-order valence-electron chi connectivity index (χ1n) is 5.08. The Bertz CT molecular complexity index is 381. The molecule has 1 aromatic rings. The number of nitrogens with zero attached hydrogens (tertiary/aromatic N) is 4. The van der Waals surface area contributed by atoms with E-state index in [1.54, 1.807) is 4.90 Å². The third-order valence-electron chi connectivity index (χ3n) is 2.29. The van der Waals surface area contributed by atoms with Crippen LogP contribution in [0.3, 0.4) is 0 Å². The van der Waals surface area contributed by atoms with Gasteiger partial charge in [-0.25, -0.2) is 4.98 Å². The molecule has 0 spiro atoms. The van der Waals surface area contributed by atoms with Crippen molar-refractivity contribution in [2.45, 2.75) is 20.8 Å². The molecule has 88 valence electrons. The van der Waals surface area contributed by atoms with Gasteiger partial charge >= 0.3 is 5.97 Å². The second-order valence-corrected chi connectivity index (χ2v) is 3.37. The van der Waals surface area contributed by atoms with Gasteiger partial charge < -0.3 is 9.64 Å². The van der Waals surface area contributed by atoms with Crippen LogP contribution in [0.5, 0.6) is 0 Å². The van der Waals surface area contributed by atoms with E-state index in [-0.39, 0.29) is 12.5 Å². The van der Waals surface area contributed by atoms with Gasteiger partial charge in [0.2, 0.25) is 5.95 Å². The SMILES string of the molecule is CCN(CC(=O)OC)c1nnc(C)c(C)n1. The summed E-state index contributed by atoms with van der Waals surface area (Å²) >= 11 is 0. The first kappa shape index (κ1) is 12.4. The zero-order valence-corrected chi connectivity index (χ0v) is 10.0. The normalized spacial score (nSPS) is 10.0. The van der Waals surface area contributed by atoms with Gasteiger partial charge in [0.05, 0.1) is 18.5 Å². The van der Waals surface area contributed by atoms with E-state index >= 15 is 0 Å². The summed E-state index contributed by atoms with van der Waals surface area (Å²) in [5.74, 6) is 0.139. The Morgan fingerprint density at radius 3 is 2.50 bits per heavy atom. The molecule has 0 atom stereocenters. The Morgan fingerprint density at radius 1 is 1.31 bits per heavy atom. The minimum Gasteiger partial charge on any atom is -0.468 e. The van der Waals surface area contributed by atoms with E-state index < -0.39 is 0 Å². The van der Waals surface area contributed by atoms with Crippen LogP contribution < -0.4 is 4.90 Å². The molecule has 0 aliphatic rings. The predicted molar refractivity (Wildman–Crippen MR) is 59.2 cm³/mol. The monoisotopic (exact) mass is 224 g/mol. The van der Waals surface area contributed by atoms with Crippen LogP contribution in [0, 0.1) is 13.8 Å². The van der Waals surface area contributed by atoms with Crippen LogP contribution in [0.1, 0.15) is 18.3 Å². The van der Waals surface area contributed by atoms with Crippen molar-refractivity contribution in [2.75, 3.05) is 25.1 Å². The third-order valence-corrected chi connectivity index (χ3v) is 2.29. The highest BCUT2D eigenvalue weighted by atomic mass is 16.5. The van der Waals surface area contributed by atoms with Gasteiger partial charge in [-0.1, -0.05) is 0 Å². The average molecular weight is 224 g/mol. The predicted octanol–water partition coefficient (Wildman–Crippen LogP) is 0.488. The molecule has 6 nitrogen and oxygen atoms in total. The Balaban J connectivity index is 2.86. The Hall–Kier alpha value is -1.72. The summed E-state index contributed by atoms with van der Waals surface area (Å²) in [6.07, 6.45) is 0. The fraction of sp³-hybridized carbons (Fsp3) is 0.600. The molecule has 0 bridgehead atoms. The molecule has 0 aliphatic carbocycles. The number of anilines is 1. The number of carbonyl (C=O) groups excluding carboxylic acids is 1. The zero-order chi connectivity index (χ0) is 12.1. The number of rotatable bonds is 4. The van der Waals surface area contributed by atoms with Gasteiger partial charge in [-0.3, -0.25) is 4.79 Å². The molecule has 0 fully saturated rings. The first-order chi connectivity index (χ1) is 7.58. The standard InChI is InChI=1S/C10H16N4O2/c1-5-14(6-9(15)16-4)10-11-7(2)8(3)12-13-10/h5-6H2,1-4H3. The largest absolute Gasteiger partial charge is 0.468 e. The topological polar surface area (TPSA) is 68.2 Å². The summed E-state index contributed by atoms with van der Waals surface area (Å²) in [5.41, 5.74) is 1.60. The van der Waals surface area contributed by atoms with Crippen molar-refractivity contribution in [3.8, 4) is 0 Å². The number of aromatic nitrogens is 3. The molecule has 1 aromatic heterocycles. The molecular weight excluding hydrogens is 208 g/mol. The lowest BCUT2D eigenvalue weighted by atomic mass is 10.4. The van der Waals surface area contributed by atoms with Crippen LogP contribution in [0.4, 0.5) is 5.95 Å². The molecule has 6 heteroatoms. The molecule has 0 aliphatic heterocycles. The second kappa shape index (κ2) is 5.39. The molecule has 0 saturated carbocycles. The van der Waals surface area contributed by atoms with Gasteiger partial charge in [-0.05, 0) is 20.8 Å². The molecular formula is C10H16N4O2. The number of hydrogen-bond donors (Lipinski definition) is 0. The van der Waals surface area contributed by atoms with E-state index in [0.29, 0.717) is 12.5 Å². The number of methoxy groups -OCH3 is 1. The average Bonchev–Trinajstić information content (AvgIpc) is 2.29. The van der Waals surface area contributed by atoms with E-state index in [9.17, 15) is 4.79 Å². The summed E-state index contributed by atoms with van der Waals surface area (Å²) in [7, 11) is 1.36. The van der Waals surface area contributed by atoms with Crippen LogP contribution in [-0.4, -0.2) is 41.3 Å². The Kier molecular flexibility index (Phi) is 4.16. The summed E-state index contributed by atoms with van der Waals surface area (Å²) in [4.78, 5) is 17.2. The van der Waals surface area contributed by atoms with Crippen LogP contribution in [0.25, 0.3) is 0 Å². The lowest BCUT2D eigenvalue weighted by molar-refractivity contribution is -0.138. The summed E-state index contributed by atoms with van der Waals surface area (Å²) in [5, 5.41) is 7.93. The van der Waals surface area contributed by atoms with Gasteiger partial charge in [0, 0.05) is 6.54 Å². The lowest BCUT2D eigenvalue weighted by Crippen LogP contribution is -2.32. The third kappa shape index (κ3) is 2.88. The van der Waals surface area contributed by atoms with Crippen molar-refractivity contribution >= 4 is 11.9 Å². The first-order valence-corrected chi connectivity index (χ1v) is 5.08. The number of carbonyl (C=O) groups is 1. The molecule has 0 unspecified atom stereocenters. The van der Waals surface area contributed by atoms with E-state index in [1.807, 2.05) is 20.8 Å². The van der Waals surface area contributed by atoms with Crippen molar-refractivity contribution in [1.29, 1.82) is 0 Å². The quantitative estimate of drug-likeness (QED) is 0.693. The maximum absolute atomic E-state index is 11.2. The maximum Gasteiger partial charge on any atom is 0.325 e. The van der Waals surface area contributed by atoms with Crippen LogP contribution in [-0.2, 0) is 9.53 Å². The highest BCUT2D eigenvalue weighted by Crippen LogP contribution is 2.07. The van der Waals surface area contributed by atoms with Gasteiger partial charge in [0.25, 0.3) is 0 Å². The Labute approximate surface area is 94.6 Å². The molecule has 0 amide bonds. The number of likely N-dealkylation sites (N-methyl/N-ethyl adjacent to an activating group) is 1. The van der Waals surface area contributed by atoms with Gasteiger partial charge in [-0.2, -0.15) is 5.10 Å². The minimum atomic E-state index is -0.316. The van der Waals surface area contributed by atoms with Crippen molar-refractivity contribution in [1.82, 2.24) is 15.2 Å². The molecule has 16 heavy (non-hydrogen) atoms. The molecule has 0 radical (unpaired) electrons. The summed E-state index contributed by atoms with van der Waals surface area (Å²) in [6, 6.07) is 0. The fourth-order valence-corrected chi connectivity index (χ4v) is 1.12. The smallest absolute Gasteiger partial charge is 0.325 e. The molecule has 1 heterocycles. The number of esters is 1. The summed E-state index contributed by atoms with van der Waals surface area (Å²) < 4.78 is 4.60. The molecule has 0 aromatic carbocycles. The molecule has 0 N–H and O–H groups in total. The maximum atomic E-state index is 11.2. The van der Waals surface area contributed by atoms with Crippen LogP contribution >= 0.6 is 0 Å². The van der Waals surface area contributed by atoms with Crippen LogP contribution in [0.2, 0.25) is 0 Å². The molecule has 0 saturated heterocycles. The number of hydrogen-bond acceptors (Lipinski definition) is 6. The highest BCUT2D eigenvalue weighted by Gasteiger charge is 2.13. The van der Waals surface area contributed by atoms with Gasteiger partial charge in [0.1, 0.15) is 6.54 Å². The van der Waals surface area contributed by atoms with Crippen LogP contribution in [0.15, 0.2) is 0 Å². The minimum absolute atomic E-state index is 0.136. The van der Waals surface area contributed by atoms with E-state index in [1.165, 1.54) is 7.11 Å². The van der Waals surface area contributed by atoms with Gasteiger partial charge in [0.15, 0.2) is 0 Å². The Morgan fingerprint density at radius 2 is 2.00 bits per heavy atom. The van der Waals surface area contributed by atoms with Crippen molar-refractivity contribution in [3.63, 3.8) is 0 Å². The molecule has 1 rings (SSSR count). The van der Waals surface area contributed by atoms with Gasteiger partial charge in [-0.15, -0.1) is 5.10 Å². The lowest BCUT2D eigenvalue weighted by Gasteiger charge is -2.18. The van der Waals surface area contributed by atoms with Crippen molar-refractivity contribution < 1.29 is 9.53 Å². The fourth-order valence-electron chi connectivity index (χ4n) is 1.12. The highest BCUT2D eigenvalue weighted by molar-refractivity contribution is 5.74. The van der Waals surface area contributed by atoms with E-state index in [4.69, 9.17) is 0 Å². The number of ether oxygens (including phenoxy) is 1. The van der Waals surface area contributed by atoms with E-state index in [0.717, 1.165) is 11.4 Å². The van der Waals surface area contributed by atoms with E-state index in [2.05, 4.69) is 19.9 Å². The number of aryl methyl sites for hydroxylation is 2.